The molecule has 3 N–H and O–H groups in total. The molecule has 4 heteroatoms. The van der Waals surface area contributed by atoms with Crippen LogP contribution >= 0.6 is 0 Å². The van der Waals surface area contributed by atoms with Crippen molar-refractivity contribution in [2.45, 2.75) is 32.4 Å². The van der Waals surface area contributed by atoms with Crippen LogP contribution in [0.15, 0.2) is 30.3 Å². The lowest BCUT2D eigenvalue weighted by Gasteiger charge is -2.17. The van der Waals surface area contributed by atoms with Crippen LogP contribution in [0.1, 0.15) is 31.9 Å². The van der Waals surface area contributed by atoms with E-state index >= 15 is 0 Å². The van der Waals surface area contributed by atoms with Crippen LogP contribution in [0.4, 0.5) is 0 Å². The van der Waals surface area contributed by atoms with Gasteiger partial charge in [0.05, 0.1) is 12.6 Å². The Morgan fingerprint density at radius 2 is 1.94 bits per heavy atom. The number of rotatable bonds is 7. The first kappa shape index (κ1) is 14.7. The summed E-state index contributed by atoms with van der Waals surface area (Å²) in [5.41, 5.74) is 0.921. The molecule has 0 saturated carbocycles. The summed E-state index contributed by atoms with van der Waals surface area (Å²) in [5.74, 6) is -0.0500. The number of aliphatic hydroxyl groups is 1. The normalized spacial score (nSPS) is 12.4. The summed E-state index contributed by atoms with van der Waals surface area (Å²) < 4.78 is 0. The maximum atomic E-state index is 11.7. The van der Waals surface area contributed by atoms with Gasteiger partial charge in [0.2, 0.25) is 5.91 Å². The second-order valence-electron chi connectivity index (χ2n) is 4.57. The van der Waals surface area contributed by atoms with E-state index in [9.17, 15) is 9.90 Å². The zero-order chi connectivity index (χ0) is 13.4. The summed E-state index contributed by atoms with van der Waals surface area (Å²) in [6, 6.07) is 9.54. The second-order valence-corrected chi connectivity index (χ2v) is 4.57. The van der Waals surface area contributed by atoms with Crippen LogP contribution in [0, 0.1) is 0 Å². The molecule has 0 aromatic heterocycles. The Morgan fingerprint density at radius 3 is 2.50 bits per heavy atom. The predicted molar refractivity (Wildman–Crippen MR) is 72.2 cm³/mol. The molecule has 0 unspecified atom stereocenters. The molecule has 18 heavy (non-hydrogen) atoms. The van der Waals surface area contributed by atoms with Gasteiger partial charge in [0.1, 0.15) is 0 Å². The molecule has 0 aliphatic heterocycles. The molecule has 0 bridgehead atoms. The van der Waals surface area contributed by atoms with Gasteiger partial charge in [0.15, 0.2) is 0 Å². The SMILES string of the molecule is CC(C)NCCC(=O)N[C@H](CO)c1ccccc1. The molecule has 0 heterocycles. The monoisotopic (exact) mass is 250 g/mol. The van der Waals surface area contributed by atoms with Crippen LogP contribution in [0.25, 0.3) is 0 Å². The Hall–Kier alpha value is -1.39. The minimum absolute atomic E-state index is 0.0500. The highest BCUT2D eigenvalue weighted by molar-refractivity contribution is 5.76. The molecular formula is C14H22N2O2. The number of benzene rings is 1. The quantitative estimate of drug-likeness (QED) is 0.682. The molecule has 1 atom stereocenters. The molecule has 1 amide bonds. The molecule has 0 aliphatic rings. The van der Waals surface area contributed by atoms with Gasteiger partial charge in [0, 0.05) is 19.0 Å². The summed E-state index contributed by atoms with van der Waals surface area (Å²) in [4.78, 5) is 11.7. The van der Waals surface area contributed by atoms with Gasteiger partial charge in [-0.2, -0.15) is 0 Å². The van der Waals surface area contributed by atoms with Crippen molar-refractivity contribution in [3.8, 4) is 0 Å². The van der Waals surface area contributed by atoms with Gasteiger partial charge in [-0.25, -0.2) is 0 Å². The topological polar surface area (TPSA) is 61.4 Å². The molecule has 0 spiro atoms. The Kier molecular flexibility index (Phi) is 6.39. The van der Waals surface area contributed by atoms with Crippen LogP contribution in [-0.2, 0) is 4.79 Å². The first-order valence-electron chi connectivity index (χ1n) is 6.32. The van der Waals surface area contributed by atoms with Crippen LogP contribution in [0.5, 0.6) is 0 Å². The van der Waals surface area contributed by atoms with E-state index in [2.05, 4.69) is 10.6 Å². The number of carbonyl (C=O) groups is 1. The van der Waals surface area contributed by atoms with E-state index in [4.69, 9.17) is 0 Å². The number of nitrogens with one attached hydrogen (secondary N) is 2. The molecule has 1 rings (SSSR count). The lowest BCUT2D eigenvalue weighted by Crippen LogP contribution is -2.34. The van der Waals surface area contributed by atoms with E-state index in [1.807, 2.05) is 44.2 Å². The summed E-state index contributed by atoms with van der Waals surface area (Å²) in [6.45, 7) is 4.64. The fourth-order valence-electron chi connectivity index (χ4n) is 1.66. The molecule has 1 aromatic carbocycles. The zero-order valence-electron chi connectivity index (χ0n) is 11.0. The Balaban J connectivity index is 2.41. The summed E-state index contributed by atoms with van der Waals surface area (Å²) in [7, 11) is 0. The van der Waals surface area contributed by atoms with Gasteiger partial charge < -0.3 is 15.7 Å². The first-order chi connectivity index (χ1) is 8.63. The van der Waals surface area contributed by atoms with Crippen molar-refractivity contribution in [1.29, 1.82) is 0 Å². The van der Waals surface area contributed by atoms with Crippen molar-refractivity contribution in [3.05, 3.63) is 35.9 Å². The first-order valence-corrected chi connectivity index (χ1v) is 6.32. The fourth-order valence-corrected chi connectivity index (χ4v) is 1.66. The third kappa shape index (κ3) is 5.29. The summed E-state index contributed by atoms with van der Waals surface area (Å²) >= 11 is 0. The van der Waals surface area contributed by atoms with E-state index in [-0.39, 0.29) is 18.6 Å². The van der Waals surface area contributed by atoms with Crippen molar-refractivity contribution < 1.29 is 9.90 Å². The molecule has 100 valence electrons. The standard InChI is InChI=1S/C14H22N2O2/c1-11(2)15-9-8-14(18)16-13(10-17)12-6-4-3-5-7-12/h3-7,11,13,15,17H,8-10H2,1-2H3,(H,16,18)/t13-/m1/s1. The van der Waals surface area contributed by atoms with E-state index < -0.39 is 0 Å². The number of amides is 1. The highest BCUT2D eigenvalue weighted by Gasteiger charge is 2.12. The van der Waals surface area contributed by atoms with Gasteiger partial charge in [-0.15, -0.1) is 0 Å². The predicted octanol–water partition coefficient (Wildman–Crippen LogP) is 1.22. The number of hydrogen-bond donors (Lipinski definition) is 3. The molecule has 0 saturated heterocycles. The lowest BCUT2D eigenvalue weighted by molar-refractivity contribution is -0.122. The molecular weight excluding hydrogens is 228 g/mol. The molecule has 1 aromatic rings. The van der Waals surface area contributed by atoms with Gasteiger partial charge in [-0.05, 0) is 5.56 Å². The highest BCUT2D eigenvalue weighted by Crippen LogP contribution is 2.11. The summed E-state index contributed by atoms with van der Waals surface area (Å²) in [5, 5.41) is 15.3. The summed E-state index contributed by atoms with van der Waals surface area (Å²) in [6.07, 6.45) is 0.418. The average Bonchev–Trinajstić information content (AvgIpc) is 2.36. The van der Waals surface area contributed by atoms with E-state index in [1.165, 1.54) is 0 Å². The molecule has 0 fully saturated rings. The van der Waals surface area contributed by atoms with E-state index in [0.717, 1.165) is 5.56 Å². The average molecular weight is 250 g/mol. The Bertz CT molecular complexity index is 352. The second kappa shape index (κ2) is 7.84. The maximum Gasteiger partial charge on any atom is 0.221 e. The number of aliphatic hydroxyl groups excluding tert-OH is 1. The van der Waals surface area contributed by atoms with Crippen LogP contribution in [0.2, 0.25) is 0 Å². The minimum Gasteiger partial charge on any atom is -0.394 e. The van der Waals surface area contributed by atoms with Gasteiger partial charge >= 0.3 is 0 Å². The van der Waals surface area contributed by atoms with Crippen LogP contribution in [-0.4, -0.2) is 30.2 Å². The molecule has 0 radical (unpaired) electrons. The Morgan fingerprint density at radius 1 is 1.28 bits per heavy atom. The third-order valence-corrected chi connectivity index (χ3v) is 2.62. The zero-order valence-corrected chi connectivity index (χ0v) is 11.0. The number of hydrogen-bond acceptors (Lipinski definition) is 3. The largest absolute Gasteiger partial charge is 0.394 e. The van der Waals surface area contributed by atoms with E-state index in [0.29, 0.717) is 19.0 Å². The number of carbonyl (C=O) groups excluding carboxylic acids is 1. The maximum absolute atomic E-state index is 11.7. The van der Waals surface area contributed by atoms with Gasteiger partial charge in [-0.1, -0.05) is 44.2 Å². The highest BCUT2D eigenvalue weighted by atomic mass is 16.3. The fraction of sp³-hybridized carbons (Fsp3) is 0.500. The van der Waals surface area contributed by atoms with Crippen molar-refractivity contribution in [2.75, 3.05) is 13.2 Å². The van der Waals surface area contributed by atoms with Gasteiger partial charge in [-0.3, -0.25) is 4.79 Å². The molecule has 0 aliphatic carbocycles. The minimum atomic E-state index is -0.322. The van der Waals surface area contributed by atoms with Crippen molar-refractivity contribution in [3.63, 3.8) is 0 Å². The lowest BCUT2D eigenvalue weighted by atomic mass is 10.1. The van der Waals surface area contributed by atoms with Crippen LogP contribution < -0.4 is 10.6 Å². The van der Waals surface area contributed by atoms with E-state index in [1.54, 1.807) is 0 Å². The van der Waals surface area contributed by atoms with Crippen LogP contribution in [0.3, 0.4) is 0 Å². The Labute approximate surface area is 108 Å². The molecule has 4 nitrogen and oxygen atoms in total. The smallest absolute Gasteiger partial charge is 0.221 e. The van der Waals surface area contributed by atoms with Gasteiger partial charge in [0.25, 0.3) is 0 Å². The third-order valence-electron chi connectivity index (χ3n) is 2.62. The van der Waals surface area contributed by atoms with Crippen molar-refractivity contribution >= 4 is 5.91 Å². The van der Waals surface area contributed by atoms with Crippen molar-refractivity contribution in [1.82, 2.24) is 10.6 Å². The van der Waals surface area contributed by atoms with Crippen molar-refractivity contribution in [2.24, 2.45) is 0 Å².